The van der Waals surface area contributed by atoms with Crippen molar-refractivity contribution in [1.29, 1.82) is 0 Å². The van der Waals surface area contributed by atoms with Gasteiger partial charge in [-0.1, -0.05) is 23.4 Å². The molecule has 1 atom stereocenters. The van der Waals surface area contributed by atoms with Crippen LogP contribution in [0, 0.1) is 13.8 Å². The molecule has 0 spiro atoms. The van der Waals surface area contributed by atoms with Crippen molar-refractivity contribution in [3.63, 3.8) is 0 Å². The van der Waals surface area contributed by atoms with Gasteiger partial charge >= 0.3 is 6.03 Å². The molecule has 2 heterocycles. The second-order valence-corrected chi connectivity index (χ2v) is 6.33. The van der Waals surface area contributed by atoms with Gasteiger partial charge < -0.3 is 20.1 Å². The van der Waals surface area contributed by atoms with Crippen molar-refractivity contribution in [3.05, 3.63) is 46.8 Å². The van der Waals surface area contributed by atoms with Gasteiger partial charge in [0, 0.05) is 43.9 Å². The fourth-order valence-corrected chi connectivity index (χ4v) is 3.22. The van der Waals surface area contributed by atoms with Gasteiger partial charge in [-0.25, -0.2) is 4.79 Å². The van der Waals surface area contributed by atoms with Gasteiger partial charge in [0.2, 0.25) is 0 Å². The molecule has 6 heteroatoms. The van der Waals surface area contributed by atoms with Gasteiger partial charge in [0.25, 0.3) is 0 Å². The van der Waals surface area contributed by atoms with E-state index in [0.717, 1.165) is 30.0 Å². The van der Waals surface area contributed by atoms with E-state index in [1.807, 2.05) is 13.8 Å². The molecule has 0 unspecified atom stereocenters. The van der Waals surface area contributed by atoms with Crippen molar-refractivity contribution in [3.8, 4) is 0 Å². The number of fused-ring (bicyclic) bond motifs is 1. The summed E-state index contributed by atoms with van der Waals surface area (Å²) in [6.45, 7) is 5.80. The van der Waals surface area contributed by atoms with E-state index in [9.17, 15) is 4.79 Å². The molecular weight excluding hydrogens is 304 g/mol. The Labute approximate surface area is 142 Å². The van der Waals surface area contributed by atoms with Gasteiger partial charge in [-0.2, -0.15) is 0 Å². The zero-order valence-corrected chi connectivity index (χ0v) is 14.4. The lowest BCUT2D eigenvalue weighted by Crippen LogP contribution is -2.39. The largest absolute Gasteiger partial charge is 0.374 e. The summed E-state index contributed by atoms with van der Waals surface area (Å²) >= 11 is 0. The molecule has 0 aliphatic carbocycles. The summed E-state index contributed by atoms with van der Waals surface area (Å²) in [7, 11) is 2.11. The highest BCUT2D eigenvalue weighted by molar-refractivity contribution is 5.74. The Morgan fingerprint density at radius 3 is 2.88 bits per heavy atom. The van der Waals surface area contributed by atoms with Gasteiger partial charge in [0.15, 0.2) is 0 Å². The summed E-state index contributed by atoms with van der Waals surface area (Å²) in [5.74, 6) is 1.10. The Morgan fingerprint density at radius 1 is 1.33 bits per heavy atom. The predicted molar refractivity (Wildman–Crippen MR) is 93.3 cm³/mol. The molecule has 2 N–H and O–H groups in total. The minimum Gasteiger partial charge on any atom is -0.374 e. The van der Waals surface area contributed by atoms with Crippen LogP contribution in [0.3, 0.4) is 0 Å². The zero-order valence-electron chi connectivity index (χ0n) is 14.4. The van der Waals surface area contributed by atoms with Crippen LogP contribution in [-0.2, 0) is 6.54 Å². The maximum atomic E-state index is 12.1. The summed E-state index contributed by atoms with van der Waals surface area (Å²) in [6.07, 6.45) is 1.04. The number of rotatable bonds is 4. The minimum absolute atomic E-state index is 0.161. The maximum Gasteiger partial charge on any atom is 0.315 e. The van der Waals surface area contributed by atoms with Crippen LogP contribution >= 0.6 is 0 Å². The predicted octanol–water partition coefficient (Wildman–Crippen LogP) is 2.71. The van der Waals surface area contributed by atoms with Crippen molar-refractivity contribution in [2.45, 2.75) is 32.7 Å². The standard InChI is InChI=1S/C18H24N4O2/c1-12-16(13(2)24-21-12)11-20-18(23)19-10-14-8-9-22(3)17-7-5-4-6-15(14)17/h4-7,14H,8-11H2,1-3H3,(H2,19,20,23)/t14-/m1/s1. The number of anilines is 1. The third-order valence-electron chi connectivity index (χ3n) is 4.72. The minimum atomic E-state index is -0.161. The molecule has 0 fully saturated rings. The first-order valence-electron chi connectivity index (χ1n) is 8.29. The fourth-order valence-electron chi connectivity index (χ4n) is 3.22. The molecule has 1 aliphatic rings. The number of para-hydroxylation sites is 1. The summed E-state index contributed by atoms with van der Waals surface area (Å²) < 4.78 is 5.11. The lowest BCUT2D eigenvalue weighted by Gasteiger charge is -2.33. The number of amides is 2. The van der Waals surface area contributed by atoms with Gasteiger partial charge in [-0.3, -0.25) is 0 Å². The normalized spacial score (nSPS) is 16.6. The summed E-state index contributed by atoms with van der Waals surface area (Å²) in [5, 5.41) is 9.76. The first-order valence-corrected chi connectivity index (χ1v) is 8.29. The van der Waals surface area contributed by atoms with Crippen molar-refractivity contribution < 1.29 is 9.32 Å². The van der Waals surface area contributed by atoms with Gasteiger partial charge in [-0.05, 0) is 31.9 Å². The number of hydrogen-bond acceptors (Lipinski definition) is 4. The molecule has 6 nitrogen and oxygen atoms in total. The Kier molecular flexibility index (Phi) is 4.74. The number of benzene rings is 1. The average Bonchev–Trinajstić information content (AvgIpc) is 2.91. The SMILES string of the molecule is Cc1noc(C)c1CNC(=O)NC[C@H]1CCN(C)c2ccccc21. The zero-order chi connectivity index (χ0) is 17.1. The topological polar surface area (TPSA) is 70.4 Å². The lowest BCUT2D eigenvalue weighted by molar-refractivity contribution is 0.239. The quantitative estimate of drug-likeness (QED) is 0.905. The molecule has 1 aliphatic heterocycles. The molecule has 0 saturated carbocycles. The fraction of sp³-hybridized carbons (Fsp3) is 0.444. The number of nitrogens with zero attached hydrogens (tertiary/aromatic N) is 2. The first-order chi connectivity index (χ1) is 11.6. The third-order valence-corrected chi connectivity index (χ3v) is 4.72. The van der Waals surface area contributed by atoms with Crippen LogP contribution in [0.5, 0.6) is 0 Å². The monoisotopic (exact) mass is 328 g/mol. The van der Waals surface area contributed by atoms with E-state index in [1.165, 1.54) is 11.3 Å². The molecule has 1 aromatic carbocycles. The van der Waals surface area contributed by atoms with Crippen molar-refractivity contribution in [2.75, 3.05) is 25.0 Å². The lowest BCUT2D eigenvalue weighted by atomic mass is 9.90. The second kappa shape index (κ2) is 6.95. The number of urea groups is 1. The third kappa shape index (κ3) is 3.37. The maximum absolute atomic E-state index is 12.1. The number of aromatic nitrogens is 1. The highest BCUT2D eigenvalue weighted by Crippen LogP contribution is 2.33. The summed E-state index contributed by atoms with van der Waals surface area (Å²) in [6, 6.07) is 8.24. The van der Waals surface area contributed by atoms with Gasteiger partial charge in [-0.15, -0.1) is 0 Å². The van der Waals surface area contributed by atoms with Crippen molar-refractivity contribution >= 4 is 11.7 Å². The van der Waals surface area contributed by atoms with Gasteiger partial charge in [0.1, 0.15) is 5.76 Å². The van der Waals surface area contributed by atoms with E-state index in [-0.39, 0.29) is 6.03 Å². The number of nitrogens with one attached hydrogen (secondary N) is 2. The molecule has 1 aromatic heterocycles. The van der Waals surface area contributed by atoms with E-state index in [0.29, 0.717) is 19.0 Å². The van der Waals surface area contributed by atoms with Crippen LogP contribution in [0.2, 0.25) is 0 Å². The van der Waals surface area contributed by atoms with Crippen LogP contribution in [-0.4, -0.2) is 31.3 Å². The number of hydrogen-bond donors (Lipinski definition) is 2. The molecule has 128 valence electrons. The second-order valence-electron chi connectivity index (χ2n) is 6.33. The molecule has 0 bridgehead atoms. The first kappa shape index (κ1) is 16.4. The van der Waals surface area contributed by atoms with Crippen LogP contribution in [0.4, 0.5) is 10.5 Å². The van der Waals surface area contributed by atoms with E-state index >= 15 is 0 Å². The molecule has 0 radical (unpaired) electrons. The highest BCUT2D eigenvalue weighted by Gasteiger charge is 2.23. The average molecular weight is 328 g/mol. The smallest absolute Gasteiger partial charge is 0.315 e. The Hall–Kier alpha value is -2.50. The van der Waals surface area contributed by atoms with E-state index in [4.69, 9.17) is 4.52 Å². The van der Waals surface area contributed by atoms with Crippen LogP contribution in [0.1, 0.15) is 34.9 Å². The summed E-state index contributed by atoms with van der Waals surface area (Å²) in [5.41, 5.74) is 4.32. The molecule has 0 saturated heterocycles. The van der Waals surface area contributed by atoms with E-state index in [1.54, 1.807) is 0 Å². The molecule has 2 aromatic rings. The van der Waals surface area contributed by atoms with E-state index in [2.05, 4.69) is 52.0 Å². The van der Waals surface area contributed by atoms with E-state index < -0.39 is 0 Å². The molecule has 24 heavy (non-hydrogen) atoms. The van der Waals surface area contributed by atoms with Crippen LogP contribution in [0.25, 0.3) is 0 Å². The molecular formula is C18H24N4O2. The van der Waals surface area contributed by atoms with Gasteiger partial charge in [0.05, 0.1) is 5.69 Å². The summed E-state index contributed by atoms with van der Waals surface area (Å²) in [4.78, 5) is 14.4. The number of carbonyl (C=O) groups excluding carboxylic acids is 1. The van der Waals surface area contributed by atoms with Crippen LogP contribution in [0.15, 0.2) is 28.8 Å². The molecule has 2 amide bonds. The van der Waals surface area contributed by atoms with Crippen LogP contribution < -0.4 is 15.5 Å². The number of carbonyl (C=O) groups is 1. The highest BCUT2D eigenvalue weighted by atomic mass is 16.5. The Bertz CT molecular complexity index is 706. The van der Waals surface area contributed by atoms with Crippen molar-refractivity contribution in [1.82, 2.24) is 15.8 Å². The Balaban J connectivity index is 1.55. The number of aryl methyl sites for hydroxylation is 2. The van der Waals surface area contributed by atoms with Crippen molar-refractivity contribution in [2.24, 2.45) is 0 Å². The molecule has 3 rings (SSSR count). The Morgan fingerprint density at radius 2 is 2.12 bits per heavy atom.